The maximum atomic E-state index is 9.82. The molecule has 0 atom stereocenters. The molecule has 0 amide bonds. The molecule has 2 aromatic carbocycles. The molecular weight excluding hydrogens is 314 g/mol. The third kappa shape index (κ3) is 6.40. The van der Waals surface area contributed by atoms with E-state index in [2.05, 4.69) is 9.25 Å². The van der Waals surface area contributed by atoms with Crippen LogP contribution in [0.4, 0.5) is 11.4 Å². The zero-order chi connectivity index (χ0) is 17.1. The third-order valence-electron chi connectivity index (χ3n) is 2.69. The number of para-hydroxylation sites is 2. The standard InChI is InChI=1S/C13H12ClN3.C4H8O2/c14-16-13(15)17(11-7-3-1-4-8-11)12-9-5-2-6-10-12;1-3-6-4(2)5/h1-10H,(H2,15,16);3H2,1-2H3. The van der Waals surface area contributed by atoms with E-state index >= 15 is 0 Å². The SMILES string of the molecule is CCOC(C)=O.NC(=NCl)N(c1ccccc1)c1ccccc1. The Hall–Kier alpha value is -2.53. The molecule has 0 saturated carbocycles. The number of carbonyl (C=O) groups is 1. The quantitative estimate of drug-likeness (QED) is 0.526. The Morgan fingerprint density at radius 1 is 1.09 bits per heavy atom. The number of guanidine groups is 1. The first-order chi connectivity index (χ1) is 11.1. The summed E-state index contributed by atoms with van der Waals surface area (Å²) in [7, 11) is 0. The molecule has 23 heavy (non-hydrogen) atoms. The van der Waals surface area contributed by atoms with Gasteiger partial charge in [-0.2, -0.15) is 0 Å². The summed E-state index contributed by atoms with van der Waals surface area (Å²) in [6.07, 6.45) is 0. The van der Waals surface area contributed by atoms with Crippen molar-refractivity contribution in [2.45, 2.75) is 13.8 Å². The van der Waals surface area contributed by atoms with Gasteiger partial charge in [0, 0.05) is 30.1 Å². The van der Waals surface area contributed by atoms with Gasteiger partial charge in [0.25, 0.3) is 0 Å². The van der Waals surface area contributed by atoms with Crippen molar-refractivity contribution in [1.82, 2.24) is 0 Å². The van der Waals surface area contributed by atoms with Crippen LogP contribution in [0.5, 0.6) is 0 Å². The maximum absolute atomic E-state index is 9.82. The highest BCUT2D eigenvalue weighted by molar-refractivity contribution is 6.22. The number of hydrogen-bond donors (Lipinski definition) is 1. The van der Waals surface area contributed by atoms with Crippen LogP contribution in [-0.4, -0.2) is 18.5 Å². The van der Waals surface area contributed by atoms with Crippen molar-refractivity contribution < 1.29 is 9.53 Å². The monoisotopic (exact) mass is 333 g/mol. The largest absolute Gasteiger partial charge is 0.466 e. The van der Waals surface area contributed by atoms with Crippen molar-refractivity contribution in [2.75, 3.05) is 11.5 Å². The van der Waals surface area contributed by atoms with Crippen LogP contribution in [0.3, 0.4) is 0 Å². The van der Waals surface area contributed by atoms with E-state index < -0.39 is 0 Å². The minimum absolute atomic E-state index is 0.211. The van der Waals surface area contributed by atoms with E-state index in [-0.39, 0.29) is 11.9 Å². The molecule has 5 nitrogen and oxygen atoms in total. The highest BCUT2D eigenvalue weighted by Gasteiger charge is 2.12. The van der Waals surface area contributed by atoms with Crippen LogP contribution < -0.4 is 10.6 Å². The van der Waals surface area contributed by atoms with Crippen LogP contribution in [-0.2, 0) is 9.53 Å². The number of benzene rings is 2. The minimum atomic E-state index is -0.211. The molecule has 0 radical (unpaired) electrons. The summed E-state index contributed by atoms with van der Waals surface area (Å²) in [6, 6.07) is 19.4. The molecule has 0 aliphatic heterocycles. The van der Waals surface area contributed by atoms with Crippen molar-refractivity contribution in [2.24, 2.45) is 10.2 Å². The predicted octanol–water partition coefficient (Wildman–Crippen LogP) is 3.86. The summed E-state index contributed by atoms with van der Waals surface area (Å²) >= 11 is 5.47. The van der Waals surface area contributed by atoms with Gasteiger partial charge in [-0.15, -0.1) is 4.51 Å². The molecular formula is C17H20ClN3O2. The number of nitrogens with two attached hydrogens (primary N) is 1. The van der Waals surface area contributed by atoms with E-state index in [1.165, 1.54) is 6.92 Å². The number of carbonyl (C=O) groups excluding carboxylic acids is 1. The summed E-state index contributed by atoms with van der Waals surface area (Å²) < 4.78 is 7.94. The third-order valence-corrected chi connectivity index (χ3v) is 2.87. The van der Waals surface area contributed by atoms with E-state index in [4.69, 9.17) is 17.5 Å². The number of anilines is 2. The molecule has 122 valence electrons. The molecule has 0 unspecified atom stereocenters. The van der Waals surface area contributed by atoms with Crippen molar-refractivity contribution >= 4 is 35.1 Å². The van der Waals surface area contributed by atoms with Gasteiger partial charge >= 0.3 is 5.97 Å². The van der Waals surface area contributed by atoms with E-state index in [0.717, 1.165) is 11.4 Å². The molecule has 0 spiro atoms. The number of halogens is 1. The molecule has 0 bridgehead atoms. The highest BCUT2D eigenvalue weighted by atomic mass is 35.5. The summed E-state index contributed by atoms with van der Waals surface area (Å²) in [5.74, 6) is 0.0292. The predicted molar refractivity (Wildman–Crippen MR) is 94.8 cm³/mol. The normalized spacial score (nSPS) is 10.3. The Balaban J connectivity index is 0.000000379. The average molecular weight is 334 g/mol. The summed E-state index contributed by atoms with van der Waals surface area (Å²) in [5.41, 5.74) is 7.66. The Bertz CT molecular complexity index is 579. The number of esters is 1. The minimum Gasteiger partial charge on any atom is -0.466 e. The number of nitrogens with zero attached hydrogens (tertiary/aromatic N) is 2. The number of ether oxygens (including phenoxy) is 1. The molecule has 6 heteroatoms. The number of rotatable bonds is 3. The molecule has 0 aromatic heterocycles. The summed E-state index contributed by atoms with van der Waals surface area (Å²) in [5, 5.41) is 0. The highest BCUT2D eigenvalue weighted by Crippen LogP contribution is 2.24. The van der Waals surface area contributed by atoms with Gasteiger partial charge < -0.3 is 10.5 Å². The lowest BCUT2D eigenvalue weighted by Crippen LogP contribution is -2.32. The molecule has 0 fully saturated rings. The van der Waals surface area contributed by atoms with E-state index in [1.807, 2.05) is 60.7 Å². The smallest absolute Gasteiger partial charge is 0.302 e. The van der Waals surface area contributed by atoms with Crippen LogP contribution in [0.15, 0.2) is 65.2 Å². The molecule has 0 aliphatic rings. The molecule has 2 rings (SSSR count). The van der Waals surface area contributed by atoms with E-state index in [1.54, 1.807) is 11.8 Å². The Labute approximate surface area is 141 Å². The van der Waals surface area contributed by atoms with Crippen molar-refractivity contribution in [3.8, 4) is 0 Å². The first-order valence-corrected chi connectivity index (χ1v) is 7.42. The van der Waals surface area contributed by atoms with Crippen LogP contribution >= 0.6 is 11.8 Å². The van der Waals surface area contributed by atoms with Gasteiger partial charge in [0.1, 0.15) is 0 Å². The van der Waals surface area contributed by atoms with Crippen molar-refractivity contribution in [3.05, 3.63) is 60.7 Å². The first-order valence-electron chi connectivity index (χ1n) is 7.08. The second-order valence-electron chi connectivity index (χ2n) is 4.37. The summed E-state index contributed by atoms with van der Waals surface area (Å²) in [6.45, 7) is 3.65. The topological polar surface area (TPSA) is 67.9 Å². The average Bonchev–Trinajstić information content (AvgIpc) is 2.57. The van der Waals surface area contributed by atoms with Gasteiger partial charge in [-0.1, -0.05) is 36.4 Å². The van der Waals surface area contributed by atoms with Crippen LogP contribution in [0.25, 0.3) is 0 Å². The number of hydrogen-bond acceptors (Lipinski definition) is 3. The fourth-order valence-electron chi connectivity index (χ4n) is 1.81. The zero-order valence-corrected chi connectivity index (χ0v) is 13.9. The maximum Gasteiger partial charge on any atom is 0.302 e. The fraction of sp³-hybridized carbons (Fsp3) is 0.176. The molecule has 2 aromatic rings. The fourth-order valence-corrected chi connectivity index (χ4v) is 1.88. The first kappa shape index (κ1) is 18.5. The van der Waals surface area contributed by atoms with Crippen LogP contribution in [0.2, 0.25) is 0 Å². The van der Waals surface area contributed by atoms with Gasteiger partial charge in [0.15, 0.2) is 0 Å². The van der Waals surface area contributed by atoms with Gasteiger partial charge in [-0.05, 0) is 31.2 Å². The molecule has 0 saturated heterocycles. The van der Waals surface area contributed by atoms with Crippen LogP contribution in [0.1, 0.15) is 13.8 Å². The Kier molecular flexibility index (Phi) is 8.24. The van der Waals surface area contributed by atoms with Crippen molar-refractivity contribution in [1.29, 1.82) is 0 Å². The second kappa shape index (κ2) is 10.2. The van der Waals surface area contributed by atoms with Crippen molar-refractivity contribution in [3.63, 3.8) is 0 Å². The van der Waals surface area contributed by atoms with Gasteiger partial charge in [0.2, 0.25) is 5.96 Å². The second-order valence-corrected chi connectivity index (χ2v) is 4.54. The zero-order valence-electron chi connectivity index (χ0n) is 13.1. The molecule has 2 N–H and O–H groups in total. The molecule has 0 aliphatic carbocycles. The lowest BCUT2D eigenvalue weighted by molar-refractivity contribution is -0.140. The van der Waals surface area contributed by atoms with Gasteiger partial charge in [-0.3, -0.25) is 9.69 Å². The Morgan fingerprint density at radius 3 is 1.78 bits per heavy atom. The summed E-state index contributed by atoms with van der Waals surface area (Å²) in [4.78, 5) is 11.6. The molecule has 0 heterocycles. The van der Waals surface area contributed by atoms with Gasteiger partial charge in [0.05, 0.1) is 6.61 Å². The van der Waals surface area contributed by atoms with Gasteiger partial charge in [-0.25, -0.2) is 0 Å². The van der Waals surface area contributed by atoms with Crippen LogP contribution in [0, 0.1) is 0 Å². The van der Waals surface area contributed by atoms with E-state index in [9.17, 15) is 4.79 Å². The van der Waals surface area contributed by atoms with E-state index in [0.29, 0.717) is 6.61 Å². The Morgan fingerprint density at radius 2 is 1.52 bits per heavy atom. The lowest BCUT2D eigenvalue weighted by atomic mass is 10.2. The lowest BCUT2D eigenvalue weighted by Gasteiger charge is -2.22.